The van der Waals surface area contributed by atoms with Crippen molar-refractivity contribution < 1.29 is 29.9 Å². The minimum absolute atomic E-state index is 0.0649. The number of nitrogens with zero attached hydrogens (tertiary/aromatic N) is 3. The Bertz CT molecular complexity index is 1290. The third-order valence-electron chi connectivity index (χ3n) is 5.85. The number of hydrogen-bond acceptors (Lipinski definition) is 4. The molecule has 2 fully saturated rings. The smallest absolute Gasteiger partial charge is 0.355 e. The van der Waals surface area contributed by atoms with Crippen molar-refractivity contribution in [1.29, 1.82) is 5.26 Å². The first-order chi connectivity index (χ1) is 16.4. The minimum Gasteiger partial charge on any atom is -0.355 e. The summed E-state index contributed by atoms with van der Waals surface area (Å²) < 4.78 is 70.4. The van der Waals surface area contributed by atoms with Crippen LogP contribution >= 0.6 is 12.2 Å². The quantitative estimate of drug-likeness (QED) is 0.530. The highest BCUT2D eigenvalue weighted by molar-refractivity contribution is 7.81. The number of anilines is 2. The molecule has 1 aliphatic heterocycles. The number of carbonyl (C=O) groups excluding carboxylic acids is 2. The Morgan fingerprint density at radius 3 is 2.55 bits per heavy atom. The highest BCUT2D eigenvalue weighted by atomic mass is 32.1. The van der Waals surface area contributed by atoms with Crippen LogP contribution in [0, 0.1) is 17.1 Å². The topological polar surface area (TPSA) is 76.4 Å². The summed E-state index contributed by atoms with van der Waals surface area (Å²) in [6, 6.07) is 7.76. The molecule has 2 aromatic carbocycles. The zero-order valence-corrected chi connectivity index (χ0v) is 17.6. The molecule has 0 atom stereocenters. The van der Waals surface area contributed by atoms with Crippen molar-refractivity contribution in [2.24, 2.45) is 0 Å². The average molecular weight is 478 g/mol. The van der Waals surface area contributed by atoms with Crippen LogP contribution in [-0.2, 0) is 11.0 Å². The molecular weight excluding hydrogens is 460 g/mol. The second kappa shape index (κ2) is 7.81. The summed E-state index contributed by atoms with van der Waals surface area (Å²) in [5, 5.41) is 10.7. The summed E-state index contributed by atoms with van der Waals surface area (Å²) in [4.78, 5) is 27.6. The normalized spacial score (nSPS) is 18.2. The monoisotopic (exact) mass is 478 g/mol. The summed E-state index contributed by atoms with van der Waals surface area (Å²) >= 11 is 5.43. The molecule has 2 aromatic rings. The number of hydrogen-bond donors (Lipinski definition) is 1. The van der Waals surface area contributed by atoms with Gasteiger partial charge in [-0.3, -0.25) is 14.5 Å². The lowest BCUT2D eigenvalue weighted by Gasteiger charge is -2.43. The Kier molecular flexibility index (Phi) is 4.76. The molecule has 1 aliphatic carbocycles. The van der Waals surface area contributed by atoms with Gasteiger partial charge in [0, 0.05) is 15.4 Å². The van der Waals surface area contributed by atoms with E-state index in [2.05, 4.69) is 0 Å². The maximum Gasteiger partial charge on any atom is 0.418 e. The fraction of sp³-hybridized carbons (Fsp3) is 0.273. The molecule has 6 nitrogen and oxygen atoms in total. The van der Waals surface area contributed by atoms with Gasteiger partial charge >= 0.3 is 6.18 Å². The number of rotatable bonds is 3. The van der Waals surface area contributed by atoms with E-state index in [4.69, 9.17) is 20.2 Å². The molecule has 33 heavy (non-hydrogen) atoms. The number of amides is 2. The molecule has 170 valence electrons. The highest BCUT2D eigenvalue weighted by Gasteiger charge is 2.60. The fourth-order valence-electron chi connectivity index (χ4n) is 4.13. The Hall–Kier alpha value is -3.52. The van der Waals surface area contributed by atoms with Gasteiger partial charge in [0.15, 0.2) is 5.11 Å². The summed E-state index contributed by atoms with van der Waals surface area (Å²) in [5.41, 5.74) is -3.67. The van der Waals surface area contributed by atoms with Crippen molar-refractivity contribution in [3.8, 4) is 6.07 Å². The number of carbonyl (C=O) groups is 2. The molecule has 2 aliphatic rings. The first kappa shape index (κ1) is 20.1. The first-order valence-corrected chi connectivity index (χ1v) is 10.1. The van der Waals surface area contributed by atoms with Crippen molar-refractivity contribution in [2.75, 3.05) is 16.8 Å². The van der Waals surface area contributed by atoms with E-state index in [0.717, 1.165) is 29.2 Å². The van der Waals surface area contributed by atoms with Gasteiger partial charge in [0.1, 0.15) is 11.4 Å². The highest BCUT2D eigenvalue weighted by Crippen LogP contribution is 2.49. The van der Waals surface area contributed by atoms with Crippen molar-refractivity contribution >= 4 is 40.5 Å². The molecule has 1 saturated carbocycles. The molecule has 11 heteroatoms. The van der Waals surface area contributed by atoms with E-state index in [1.54, 1.807) is 6.07 Å². The third-order valence-corrected chi connectivity index (χ3v) is 6.22. The number of thiocarbonyl (C=S) groups is 1. The summed E-state index contributed by atoms with van der Waals surface area (Å²) in [5.74, 6) is -2.70. The molecule has 0 bridgehead atoms. The molecule has 1 saturated heterocycles. The average Bonchev–Trinajstić information content (AvgIpc) is 2.98. The first-order valence-electron chi connectivity index (χ1n) is 10.8. The van der Waals surface area contributed by atoms with Crippen LogP contribution < -0.4 is 15.1 Å². The van der Waals surface area contributed by atoms with Crippen LogP contribution in [-0.4, -0.2) is 29.5 Å². The number of nitrogens with one attached hydrogen (secondary N) is 1. The maximum atomic E-state index is 14.8. The van der Waals surface area contributed by atoms with Gasteiger partial charge in [0.2, 0.25) is 0 Å². The van der Waals surface area contributed by atoms with E-state index in [0.29, 0.717) is 12.5 Å². The molecule has 0 unspecified atom stereocenters. The molecule has 1 N–H and O–H groups in total. The van der Waals surface area contributed by atoms with E-state index < -0.39 is 53.2 Å². The zero-order chi connectivity index (χ0) is 25.7. The second-order valence-corrected chi connectivity index (χ2v) is 7.99. The molecule has 4 rings (SSSR count). The largest absolute Gasteiger partial charge is 0.418 e. The summed E-state index contributed by atoms with van der Waals surface area (Å²) in [6.45, 7) is -1.72. The van der Waals surface area contributed by atoms with E-state index >= 15 is 0 Å². The lowest BCUT2D eigenvalue weighted by atomic mass is 9.75. The van der Waals surface area contributed by atoms with E-state index in [9.17, 15) is 27.2 Å². The van der Waals surface area contributed by atoms with Gasteiger partial charge in [0.05, 0.1) is 28.4 Å². The van der Waals surface area contributed by atoms with Crippen LogP contribution in [0.3, 0.4) is 0 Å². The van der Waals surface area contributed by atoms with Crippen molar-refractivity contribution in [2.45, 2.75) is 31.0 Å². The predicted molar refractivity (Wildman–Crippen MR) is 115 cm³/mol. The molecule has 0 aromatic heterocycles. The van der Waals surface area contributed by atoms with Crippen LogP contribution in [0.5, 0.6) is 0 Å². The second-order valence-electron chi connectivity index (χ2n) is 7.62. The molecule has 1 spiro atoms. The van der Waals surface area contributed by atoms with Crippen molar-refractivity contribution in [3.63, 3.8) is 0 Å². The maximum absolute atomic E-state index is 14.8. The van der Waals surface area contributed by atoms with Gasteiger partial charge < -0.3 is 10.2 Å². The fourth-order valence-corrected chi connectivity index (χ4v) is 4.59. The Balaban J connectivity index is 1.79. The third kappa shape index (κ3) is 3.41. The van der Waals surface area contributed by atoms with E-state index in [-0.39, 0.29) is 29.2 Å². The lowest BCUT2D eigenvalue weighted by molar-refractivity contribution is -0.137. The molecule has 1 heterocycles. The number of alkyl halides is 3. The van der Waals surface area contributed by atoms with Gasteiger partial charge in [-0.05, 0) is 67.9 Å². The van der Waals surface area contributed by atoms with Gasteiger partial charge in [-0.15, -0.1) is 0 Å². The van der Waals surface area contributed by atoms with Crippen molar-refractivity contribution in [3.05, 3.63) is 58.9 Å². The van der Waals surface area contributed by atoms with Gasteiger partial charge in [-0.2, -0.15) is 18.4 Å². The number of benzene rings is 2. The SMILES string of the molecule is [2H]C([2H])NC(=O)c1ccc(N2C(=S)N(c3ccc(C#N)cc3C(F)(F)F)C(=O)C23CCC3)cc1F. The molecular formula is C22H16F4N4O2S. The minimum atomic E-state index is -4.88. The van der Waals surface area contributed by atoms with Gasteiger partial charge in [-0.25, -0.2) is 4.39 Å². The van der Waals surface area contributed by atoms with E-state index in [1.165, 1.54) is 11.0 Å². The van der Waals surface area contributed by atoms with Crippen molar-refractivity contribution in [1.82, 2.24) is 5.32 Å². The standard InChI is InChI=1S/C22H16F4N4O2S/c1-28-18(31)14-5-4-13(10-16(14)23)30-20(33)29(19(32)21(30)7-2-8-21)17-6-3-12(11-27)9-15(17)22(24,25)26/h3-6,9-10H,2,7-8H2,1H3,(H,28,31)/i1D2. The van der Waals surface area contributed by atoms with Gasteiger partial charge in [-0.1, -0.05) is 0 Å². The van der Waals surface area contributed by atoms with Gasteiger partial charge in [0.25, 0.3) is 11.8 Å². The van der Waals surface area contributed by atoms with Crippen LogP contribution in [0.4, 0.5) is 28.9 Å². The Morgan fingerprint density at radius 2 is 2.00 bits per heavy atom. The number of halogens is 4. The van der Waals surface area contributed by atoms with E-state index in [1.807, 2.05) is 5.32 Å². The molecule has 0 radical (unpaired) electrons. The number of nitriles is 1. The molecule has 2 amide bonds. The van der Waals surface area contributed by atoms with Crippen LogP contribution in [0.25, 0.3) is 0 Å². The summed E-state index contributed by atoms with van der Waals surface area (Å²) in [7, 11) is 0. The zero-order valence-electron chi connectivity index (χ0n) is 18.7. The van der Waals surface area contributed by atoms with Crippen LogP contribution in [0.15, 0.2) is 36.4 Å². The van der Waals surface area contributed by atoms with Crippen LogP contribution in [0.2, 0.25) is 0 Å². The van der Waals surface area contributed by atoms with Crippen LogP contribution in [0.1, 0.15) is 43.5 Å². The Morgan fingerprint density at radius 1 is 1.27 bits per heavy atom. The predicted octanol–water partition coefficient (Wildman–Crippen LogP) is 4.14. The lowest BCUT2D eigenvalue weighted by Crippen LogP contribution is -2.55. The summed E-state index contributed by atoms with van der Waals surface area (Å²) in [6.07, 6.45) is -3.75. The Labute approximate surface area is 194 Å².